The molecule has 2 rings (SSSR count). The fraction of sp³-hybridized carbons (Fsp3) is 0.318. The molecule has 0 radical (unpaired) electrons. The highest BCUT2D eigenvalue weighted by Crippen LogP contribution is 2.11. The molecule has 1 N–H and O–H groups in total. The number of amides is 1. The molecule has 0 spiro atoms. The molecule has 1 atom stereocenters. The second-order valence-electron chi connectivity index (χ2n) is 6.50. The Morgan fingerprint density at radius 1 is 1.00 bits per heavy atom. The topological polar surface area (TPSA) is 72.5 Å². The van der Waals surface area contributed by atoms with Crippen molar-refractivity contribution in [1.82, 2.24) is 5.32 Å². The smallest absolute Gasteiger partial charge is 0.329 e. The molecule has 1 unspecified atom stereocenters. The van der Waals surface area contributed by atoms with Gasteiger partial charge in [-0.05, 0) is 61.6 Å². The quantitative estimate of drug-likeness (QED) is 0.515. The molecule has 0 saturated heterocycles. The minimum atomic E-state index is -0.798. The number of benzene rings is 2. The Morgan fingerprint density at radius 2 is 1.71 bits per heavy atom. The number of hydrogen-bond donors (Lipinski definition) is 1. The van der Waals surface area contributed by atoms with Crippen LogP contribution in [0.1, 0.15) is 38.3 Å². The van der Waals surface area contributed by atoms with Crippen molar-refractivity contribution in [3.63, 3.8) is 0 Å². The number of esters is 1. The number of carbonyl (C=O) groups excluding carboxylic acids is 3. The summed E-state index contributed by atoms with van der Waals surface area (Å²) in [5.74, 6) is -0.533. The molecule has 0 bridgehead atoms. The largest absolute Gasteiger partial charge is 0.456 e. The van der Waals surface area contributed by atoms with E-state index in [1.165, 1.54) is 0 Å². The van der Waals surface area contributed by atoms with Gasteiger partial charge in [-0.2, -0.15) is 11.8 Å². The summed E-state index contributed by atoms with van der Waals surface area (Å²) in [6.07, 6.45) is 2.35. The summed E-state index contributed by atoms with van der Waals surface area (Å²) in [5, 5.41) is 2.71. The molecule has 2 aromatic carbocycles. The van der Waals surface area contributed by atoms with Gasteiger partial charge in [0.25, 0.3) is 5.91 Å². The van der Waals surface area contributed by atoms with Gasteiger partial charge < -0.3 is 10.1 Å². The van der Waals surface area contributed by atoms with Gasteiger partial charge in [0.1, 0.15) is 6.04 Å². The molecule has 2 aromatic rings. The number of carbonyl (C=O) groups is 3. The van der Waals surface area contributed by atoms with Crippen molar-refractivity contribution in [3.05, 3.63) is 70.8 Å². The highest BCUT2D eigenvalue weighted by Gasteiger charge is 2.23. The Bertz CT molecular complexity index is 836. The number of Topliss-reactive ketones (excluding diaryl/α,β-unsaturated/α-hetero) is 1. The third kappa shape index (κ3) is 6.23. The van der Waals surface area contributed by atoms with Crippen LogP contribution in [0, 0.1) is 13.8 Å². The van der Waals surface area contributed by atoms with E-state index in [4.69, 9.17) is 4.74 Å². The molecular formula is C22H25NO4S. The average Bonchev–Trinajstić information content (AvgIpc) is 2.71. The Kier molecular flexibility index (Phi) is 8.26. The van der Waals surface area contributed by atoms with Crippen molar-refractivity contribution >= 4 is 29.4 Å². The molecule has 0 aliphatic rings. The number of aryl methyl sites for hydroxylation is 2. The summed E-state index contributed by atoms with van der Waals surface area (Å²) >= 11 is 1.57. The number of ketones is 1. The minimum Gasteiger partial charge on any atom is -0.456 e. The van der Waals surface area contributed by atoms with Gasteiger partial charge in [-0.3, -0.25) is 9.59 Å². The highest BCUT2D eigenvalue weighted by molar-refractivity contribution is 7.98. The van der Waals surface area contributed by atoms with Crippen molar-refractivity contribution < 1.29 is 19.1 Å². The van der Waals surface area contributed by atoms with E-state index in [-0.39, 0.29) is 18.3 Å². The van der Waals surface area contributed by atoms with E-state index in [1.807, 2.05) is 32.2 Å². The molecule has 148 valence electrons. The van der Waals surface area contributed by atoms with Crippen LogP contribution in [0.5, 0.6) is 0 Å². The first-order valence-electron chi connectivity index (χ1n) is 9.04. The molecule has 1 amide bonds. The maximum absolute atomic E-state index is 12.5. The van der Waals surface area contributed by atoms with Crippen LogP contribution in [-0.4, -0.2) is 42.3 Å². The maximum Gasteiger partial charge on any atom is 0.329 e. The number of thioether (sulfide) groups is 1. The highest BCUT2D eigenvalue weighted by atomic mass is 32.2. The van der Waals surface area contributed by atoms with Gasteiger partial charge in [-0.25, -0.2) is 4.79 Å². The third-order valence-electron chi connectivity index (χ3n) is 4.41. The lowest BCUT2D eigenvalue weighted by atomic mass is 10.0. The summed E-state index contributed by atoms with van der Waals surface area (Å²) < 4.78 is 5.21. The fourth-order valence-electron chi connectivity index (χ4n) is 2.55. The molecule has 0 heterocycles. The Labute approximate surface area is 169 Å². The fourth-order valence-corrected chi connectivity index (χ4v) is 3.02. The van der Waals surface area contributed by atoms with Crippen LogP contribution in [0.15, 0.2) is 48.5 Å². The van der Waals surface area contributed by atoms with E-state index in [1.54, 1.807) is 48.2 Å². The van der Waals surface area contributed by atoms with Gasteiger partial charge in [0.05, 0.1) is 0 Å². The van der Waals surface area contributed by atoms with Crippen molar-refractivity contribution in [3.8, 4) is 0 Å². The van der Waals surface area contributed by atoms with Crippen LogP contribution in [0.25, 0.3) is 0 Å². The molecule has 0 fully saturated rings. The van der Waals surface area contributed by atoms with Crippen molar-refractivity contribution in [1.29, 1.82) is 0 Å². The van der Waals surface area contributed by atoms with E-state index in [0.29, 0.717) is 23.3 Å². The van der Waals surface area contributed by atoms with Crippen molar-refractivity contribution in [2.45, 2.75) is 26.3 Å². The summed E-state index contributed by atoms with van der Waals surface area (Å²) in [5.41, 5.74) is 3.07. The predicted molar refractivity (Wildman–Crippen MR) is 112 cm³/mol. The molecular weight excluding hydrogens is 374 g/mol. The number of nitrogens with one attached hydrogen (secondary N) is 1. The summed E-state index contributed by atoms with van der Waals surface area (Å²) in [6.45, 7) is 3.55. The van der Waals surface area contributed by atoms with Crippen LogP contribution >= 0.6 is 11.8 Å². The Balaban J connectivity index is 1.98. The van der Waals surface area contributed by atoms with Gasteiger partial charge in [0, 0.05) is 11.1 Å². The Hall–Kier alpha value is -2.60. The molecule has 0 aromatic heterocycles. The molecule has 0 saturated carbocycles. The lowest BCUT2D eigenvalue weighted by molar-refractivity contribution is -0.144. The predicted octanol–water partition coefficient (Wildman–Crippen LogP) is 3.58. The van der Waals surface area contributed by atoms with E-state index in [2.05, 4.69) is 5.32 Å². The Morgan fingerprint density at radius 3 is 2.36 bits per heavy atom. The molecule has 28 heavy (non-hydrogen) atoms. The van der Waals surface area contributed by atoms with Crippen molar-refractivity contribution in [2.24, 2.45) is 0 Å². The number of rotatable bonds is 9. The van der Waals surface area contributed by atoms with E-state index < -0.39 is 12.0 Å². The van der Waals surface area contributed by atoms with E-state index in [9.17, 15) is 14.4 Å². The van der Waals surface area contributed by atoms with Gasteiger partial charge in [-0.15, -0.1) is 0 Å². The average molecular weight is 400 g/mol. The number of ether oxygens (including phenoxy) is 1. The van der Waals surface area contributed by atoms with Crippen LogP contribution in [0.2, 0.25) is 0 Å². The van der Waals surface area contributed by atoms with Gasteiger partial charge >= 0.3 is 5.97 Å². The SMILES string of the molecule is CSCCC(NC(=O)c1ccccc1)C(=O)OCC(=O)c1ccc(C)c(C)c1. The molecule has 6 heteroatoms. The van der Waals surface area contributed by atoms with Gasteiger partial charge in [0.15, 0.2) is 12.4 Å². The third-order valence-corrected chi connectivity index (χ3v) is 5.05. The zero-order valence-corrected chi connectivity index (χ0v) is 17.2. The van der Waals surface area contributed by atoms with Crippen molar-refractivity contribution in [2.75, 3.05) is 18.6 Å². The van der Waals surface area contributed by atoms with E-state index in [0.717, 1.165) is 11.1 Å². The monoisotopic (exact) mass is 399 g/mol. The van der Waals surface area contributed by atoms with Crippen LogP contribution in [-0.2, 0) is 9.53 Å². The summed E-state index contributed by atoms with van der Waals surface area (Å²) in [4.78, 5) is 37.2. The first-order valence-corrected chi connectivity index (χ1v) is 10.4. The zero-order chi connectivity index (χ0) is 20.5. The first-order chi connectivity index (χ1) is 13.4. The van der Waals surface area contributed by atoms with E-state index >= 15 is 0 Å². The van der Waals surface area contributed by atoms with Gasteiger partial charge in [-0.1, -0.05) is 30.3 Å². The zero-order valence-electron chi connectivity index (χ0n) is 16.4. The second kappa shape index (κ2) is 10.7. The van der Waals surface area contributed by atoms with Crippen LogP contribution < -0.4 is 5.32 Å². The minimum absolute atomic E-state index is 0.269. The van der Waals surface area contributed by atoms with Crippen LogP contribution in [0.4, 0.5) is 0 Å². The molecule has 0 aliphatic heterocycles. The summed E-state index contributed by atoms with van der Waals surface area (Å²) in [6, 6.07) is 13.3. The summed E-state index contributed by atoms with van der Waals surface area (Å²) in [7, 11) is 0. The number of hydrogen-bond acceptors (Lipinski definition) is 5. The molecule has 0 aliphatic carbocycles. The lowest BCUT2D eigenvalue weighted by Gasteiger charge is -2.17. The first kappa shape index (κ1) is 21.7. The molecule has 5 nitrogen and oxygen atoms in total. The standard InChI is InChI=1S/C22H25NO4S/c1-15-9-10-18(13-16(15)2)20(24)14-27-22(26)19(11-12-28-3)23-21(25)17-7-5-4-6-8-17/h4-10,13,19H,11-12,14H2,1-3H3,(H,23,25). The van der Waals surface area contributed by atoms with Crippen LogP contribution in [0.3, 0.4) is 0 Å². The second-order valence-corrected chi connectivity index (χ2v) is 7.49. The maximum atomic E-state index is 12.5. The lowest BCUT2D eigenvalue weighted by Crippen LogP contribution is -2.42. The normalized spacial score (nSPS) is 11.5. The van der Waals surface area contributed by atoms with Gasteiger partial charge in [0.2, 0.25) is 0 Å².